The number of hydrogen-bond acceptors (Lipinski definition) is 10. The van der Waals surface area contributed by atoms with Crippen molar-refractivity contribution in [1.29, 1.82) is 0 Å². The zero-order valence-corrected chi connectivity index (χ0v) is 21.4. The molecule has 2 heterocycles. The lowest BCUT2D eigenvalue weighted by Crippen LogP contribution is -2.25. The van der Waals surface area contributed by atoms with Crippen molar-refractivity contribution in [2.75, 3.05) is 36.8 Å². The van der Waals surface area contributed by atoms with Gasteiger partial charge in [-0.05, 0) is 59.7 Å². The number of pyridine rings is 2. The Morgan fingerprint density at radius 3 is 1.40 bits per heavy atom. The predicted molar refractivity (Wildman–Crippen MR) is 153 cm³/mol. The number of hydrogen-bond donors (Lipinski definition) is 4. The van der Waals surface area contributed by atoms with E-state index >= 15 is 0 Å². The van der Waals surface area contributed by atoms with E-state index in [-0.39, 0.29) is 33.8 Å². The number of anilines is 2. The van der Waals surface area contributed by atoms with Crippen LogP contribution in [-0.4, -0.2) is 70.4 Å². The molecular formula is C30H26N6O4. The average molecular weight is 535 g/mol. The summed E-state index contributed by atoms with van der Waals surface area (Å²) in [4.78, 5) is 44.0. The molecule has 0 radical (unpaired) electrons. The Balaban J connectivity index is 1.38. The maximum Gasteiger partial charge on any atom is 0.200 e. The number of aromatic nitrogens is 2. The summed E-state index contributed by atoms with van der Waals surface area (Å²) >= 11 is 0. The lowest BCUT2D eigenvalue weighted by Gasteiger charge is -2.24. The molecule has 2 aromatic carbocycles. The largest absolute Gasteiger partial charge is 0.507 e. The number of ketones is 2. The number of benzene rings is 2. The topological polar surface area (TPSA) is 149 Å². The van der Waals surface area contributed by atoms with E-state index in [9.17, 15) is 19.8 Å². The summed E-state index contributed by atoms with van der Waals surface area (Å²) in [7, 11) is 0. The van der Waals surface area contributed by atoms with Gasteiger partial charge in [0, 0.05) is 61.7 Å². The molecule has 0 fully saturated rings. The lowest BCUT2D eigenvalue weighted by molar-refractivity contribution is 0.0975. The van der Waals surface area contributed by atoms with Gasteiger partial charge in [0.1, 0.15) is 11.5 Å². The van der Waals surface area contributed by atoms with E-state index in [2.05, 4.69) is 30.6 Å². The van der Waals surface area contributed by atoms with Crippen molar-refractivity contribution in [2.45, 2.75) is 0 Å². The molecule has 4 N–H and O–H groups in total. The van der Waals surface area contributed by atoms with Crippen molar-refractivity contribution in [3.05, 3.63) is 107 Å². The molecule has 0 amide bonds. The second-order valence-electron chi connectivity index (χ2n) is 8.91. The summed E-state index contributed by atoms with van der Waals surface area (Å²) in [6.07, 6.45) is 10.2. The van der Waals surface area contributed by atoms with Crippen molar-refractivity contribution in [3.63, 3.8) is 0 Å². The van der Waals surface area contributed by atoms with E-state index in [1.165, 1.54) is 12.1 Å². The third-order valence-electron chi connectivity index (χ3n) is 6.28. The Bertz CT molecular complexity index is 1480. The average Bonchev–Trinajstić information content (AvgIpc) is 2.98. The van der Waals surface area contributed by atoms with Gasteiger partial charge in [-0.25, -0.2) is 0 Å². The highest BCUT2D eigenvalue weighted by molar-refractivity contribution is 6.33. The summed E-state index contributed by atoms with van der Waals surface area (Å²) in [5, 5.41) is 27.3. The molecule has 10 heteroatoms. The van der Waals surface area contributed by atoms with Crippen LogP contribution >= 0.6 is 0 Å². The molecule has 200 valence electrons. The maximum atomic E-state index is 13.7. The number of nitrogens with zero attached hydrogens (tertiary/aromatic N) is 4. The highest BCUT2D eigenvalue weighted by atomic mass is 16.3. The van der Waals surface area contributed by atoms with Crippen molar-refractivity contribution >= 4 is 35.4 Å². The van der Waals surface area contributed by atoms with Gasteiger partial charge in [-0.1, -0.05) is 0 Å². The van der Waals surface area contributed by atoms with Crippen LogP contribution < -0.4 is 10.6 Å². The quantitative estimate of drug-likeness (QED) is 0.120. The number of nitrogens with one attached hydrogen (secondary N) is 2. The minimum absolute atomic E-state index is 0.127. The Morgan fingerprint density at radius 2 is 1.00 bits per heavy atom. The molecular weight excluding hydrogens is 508 g/mol. The van der Waals surface area contributed by atoms with Crippen molar-refractivity contribution < 1.29 is 19.8 Å². The van der Waals surface area contributed by atoms with Crippen LogP contribution in [0.5, 0.6) is 11.5 Å². The molecule has 0 saturated carbocycles. The van der Waals surface area contributed by atoms with E-state index in [4.69, 9.17) is 0 Å². The third-order valence-corrected chi connectivity index (χ3v) is 6.28. The molecule has 1 aliphatic carbocycles. The van der Waals surface area contributed by atoms with Crippen LogP contribution in [0, 0.1) is 0 Å². The number of fused-ring (bicyclic) bond motifs is 2. The van der Waals surface area contributed by atoms with Crippen LogP contribution in [0.25, 0.3) is 0 Å². The normalized spacial score (nSPS) is 12.5. The molecule has 0 aliphatic heterocycles. The second kappa shape index (κ2) is 12.0. The zero-order valence-electron chi connectivity index (χ0n) is 21.4. The molecule has 5 rings (SSSR count). The summed E-state index contributed by atoms with van der Waals surface area (Å²) in [6.45, 7) is 1.62. The molecule has 4 aromatic rings. The first-order valence-electron chi connectivity index (χ1n) is 12.6. The number of phenolic OH excluding ortho intramolecular Hbond substituents is 2. The Hall–Kier alpha value is -5.38. The minimum Gasteiger partial charge on any atom is -0.507 e. The van der Waals surface area contributed by atoms with Crippen LogP contribution in [0.4, 0.5) is 11.4 Å². The van der Waals surface area contributed by atoms with E-state index in [0.29, 0.717) is 37.6 Å². The van der Waals surface area contributed by atoms with Gasteiger partial charge < -0.3 is 20.8 Å². The smallest absolute Gasteiger partial charge is 0.200 e. The van der Waals surface area contributed by atoms with Crippen LogP contribution in [0.15, 0.2) is 83.3 Å². The number of aliphatic imine (C=N–C) groups is 2. The van der Waals surface area contributed by atoms with E-state index in [1.807, 2.05) is 24.3 Å². The maximum absolute atomic E-state index is 13.7. The molecule has 0 saturated heterocycles. The van der Waals surface area contributed by atoms with Gasteiger partial charge in [0.15, 0.2) is 0 Å². The summed E-state index contributed by atoms with van der Waals surface area (Å²) in [5.41, 5.74) is 2.53. The van der Waals surface area contributed by atoms with Crippen molar-refractivity contribution in [1.82, 2.24) is 9.97 Å². The molecule has 0 atom stereocenters. The van der Waals surface area contributed by atoms with Crippen LogP contribution in [0.2, 0.25) is 0 Å². The first-order valence-corrected chi connectivity index (χ1v) is 12.6. The van der Waals surface area contributed by atoms with Crippen LogP contribution in [0.1, 0.15) is 43.0 Å². The first kappa shape index (κ1) is 26.2. The summed E-state index contributed by atoms with van der Waals surface area (Å²) < 4.78 is 0. The fourth-order valence-electron chi connectivity index (χ4n) is 4.41. The van der Waals surface area contributed by atoms with Crippen LogP contribution in [0.3, 0.4) is 0 Å². The standard InChI is InChI=1S/C30H26N6O4/c37-23-3-4-24(38)28-27(23)29(39)25-21(35-15-13-33-17-19-5-9-31-10-6-19)1-2-22(26(25)30(28)40)36-16-14-34-18-20-7-11-32-12-8-20/h1-12,17-18,35-38H,13-16H2. The zero-order chi connectivity index (χ0) is 27.9. The highest BCUT2D eigenvalue weighted by Gasteiger charge is 2.37. The summed E-state index contributed by atoms with van der Waals surface area (Å²) in [6, 6.07) is 13.2. The number of aromatic hydroxyl groups is 2. The third kappa shape index (κ3) is 5.56. The fourth-order valence-corrected chi connectivity index (χ4v) is 4.41. The molecule has 40 heavy (non-hydrogen) atoms. The van der Waals surface area contributed by atoms with E-state index in [0.717, 1.165) is 11.1 Å². The summed E-state index contributed by atoms with van der Waals surface area (Å²) in [5.74, 6) is -1.85. The molecule has 0 spiro atoms. The SMILES string of the molecule is O=C1c2c(O)ccc(O)c2C(=O)c2c(NCCN=Cc3ccncc3)ccc(NCCN=Cc3ccncc3)c21. The van der Waals surface area contributed by atoms with Gasteiger partial charge in [-0.2, -0.15) is 0 Å². The predicted octanol–water partition coefficient (Wildman–Crippen LogP) is 3.73. The van der Waals surface area contributed by atoms with E-state index in [1.54, 1.807) is 49.3 Å². The number of carbonyl (C=O) groups excluding carboxylic acids is 2. The Kier molecular flexibility index (Phi) is 7.87. The Morgan fingerprint density at radius 1 is 0.600 bits per heavy atom. The number of rotatable bonds is 10. The number of carbonyl (C=O) groups is 2. The Labute approximate surface area is 230 Å². The van der Waals surface area contributed by atoms with Gasteiger partial charge >= 0.3 is 0 Å². The second-order valence-corrected chi connectivity index (χ2v) is 8.91. The van der Waals surface area contributed by atoms with Crippen molar-refractivity contribution in [2.24, 2.45) is 9.98 Å². The monoisotopic (exact) mass is 534 g/mol. The molecule has 10 nitrogen and oxygen atoms in total. The van der Waals surface area contributed by atoms with Gasteiger partial charge in [-0.15, -0.1) is 0 Å². The molecule has 0 unspecified atom stereocenters. The first-order chi connectivity index (χ1) is 19.5. The molecule has 0 bridgehead atoms. The lowest BCUT2D eigenvalue weighted by atomic mass is 9.81. The van der Waals surface area contributed by atoms with Gasteiger partial charge in [0.2, 0.25) is 11.6 Å². The van der Waals surface area contributed by atoms with Crippen LogP contribution in [-0.2, 0) is 0 Å². The van der Waals surface area contributed by atoms with Crippen molar-refractivity contribution in [3.8, 4) is 11.5 Å². The molecule has 1 aliphatic rings. The van der Waals surface area contributed by atoms with E-state index < -0.39 is 11.6 Å². The fraction of sp³-hybridized carbons (Fsp3) is 0.133. The molecule has 2 aromatic heterocycles. The van der Waals surface area contributed by atoms with Gasteiger partial charge in [0.05, 0.1) is 35.3 Å². The minimum atomic E-state index is -0.555. The highest BCUT2D eigenvalue weighted by Crippen LogP contribution is 2.42. The van der Waals surface area contributed by atoms with Gasteiger partial charge in [0.25, 0.3) is 0 Å². The number of phenols is 2. The van der Waals surface area contributed by atoms with Gasteiger partial charge in [-0.3, -0.25) is 29.5 Å².